The quantitative estimate of drug-likeness (QED) is 0.505. The van der Waals surface area contributed by atoms with Crippen LogP contribution in [0.25, 0.3) is 0 Å². The van der Waals surface area contributed by atoms with Crippen LogP contribution in [0.4, 0.5) is 0 Å². The molecule has 0 heterocycles. The van der Waals surface area contributed by atoms with Crippen LogP contribution in [0.1, 0.15) is 68.7 Å². The highest BCUT2D eigenvalue weighted by molar-refractivity contribution is 5.87. The molecule has 32 heavy (non-hydrogen) atoms. The molecule has 0 amide bonds. The first-order chi connectivity index (χ1) is 14.7. The van der Waals surface area contributed by atoms with Gasteiger partial charge in [-0.25, -0.2) is 9.59 Å². The van der Waals surface area contributed by atoms with E-state index in [1.54, 1.807) is 60.7 Å². The maximum absolute atomic E-state index is 10.2. The van der Waals surface area contributed by atoms with E-state index >= 15 is 0 Å². The van der Waals surface area contributed by atoms with Gasteiger partial charge in [0.1, 0.15) is 0 Å². The summed E-state index contributed by atoms with van der Waals surface area (Å²) in [5.74, 6) is -1.76. The highest BCUT2D eigenvalue weighted by Gasteiger charge is 2.30. The fourth-order valence-corrected chi connectivity index (χ4v) is 2.64. The monoisotopic (exact) mass is 445 g/mol. The fourth-order valence-electron chi connectivity index (χ4n) is 2.64. The van der Waals surface area contributed by atoms with Crippen molar-refractivity contribution in [2.75, 3.05) is 7.05 Å². The molecule has 0 saturated carbocycles. The van der Waals surface area contributed by atoms with Gasteiger partial charge in [0.05, 0.1) is 17.2 Å². The summed E-state index contributed by atoms with van der Waals surface area (Å²) in [6, 6.07) is 16.9. The van der Waals surface area contributed by atoms with Crippen LogP contribution in [0.3, 0.4) is 0 Å². The fraction of sp³-hybridized carbons (Fsp3) is 0.462. The third-order valence-electron chi connectivity index (χ3n) is 4.89. The Morgan fingerprint density at radius 3 is 1.28 bits per heavy atom. The number of carboxylic acid groups (broad SMARTS) is 2. The lowest BCUT2D eigenvalue weighted by atomic mass is 9.78. The smallest absolute Gasteiger partial charge is 0.335 e. The van der Waals surface area contributed by atoms with E-state index in [1.807, 2.05) is 7.05 Å². The van der Waals surface area contributed by atoms with E-state index in [1.165, 1.54) is 0 Å². The van der Waals surface area contributed by atoms with Crippen molar-refractivity contribution in [1.29, 1.82) is 0 Å². The lowest BCUT2D eigenvalue weighted by molar-refractivity contribution is 0.0339. The van der Waals surface area contributed by atoms with Gasteiger partial charge in [0, 0.05) is 6.04 Å². The van der Waals surface area contributed by atoms with Gasteiger partial charge in [-0.2, -0.15) is 0 Å². The molecular weight excluding hydrogens is 406 g/mol. The van der Waals surface area contributed by atoms with E-state index in [-0.39, 0.29) is 16.9 Å². The number of hydrogen-bond donors (Lipinski definition) is 4. The van der Waals surface area contributed by atoms with Gasteiger partial charge in [-0.3, -0.25) is 0 Å². The Kier molecular flexibility index (Phi) is 12.5. The van der Waals surface area contributed by atoms with Crippen molar-refractivity contribution in [3.05, 3.63) is 71.8 Å². The Morgan fingerprint density at radius 2 is 1.09 bits per heavy atom. The van der Waals surface area contributed by atoms with E-state index in [0.717, 1.165) is 6.42 Å². The molecule has 0 aliphatic carbocycles. The SMILES string of the molecule is CNC(CC(O)C(C)(C)C)C(C)(C)C.O=C(O)c1ccccc1.O=C(O)c1ccccc1. The lowest BCUT2D eigenvalue weighted by Crippen LogP contribution is -2.43. The summed E-state index contributed by atoms with van der Waals surface area (Å²) in [6.45, 7) is 12.8. The Morgan fingerprint density at radius 1 is 0.750 bits per heavy atom. The molecule has 0 aromatic heterocycles. The van der Waals surface area contributed by atoms with Crippen molar-refractivity contribution in [3.63, 3.8) is 0 Å². The van der Waals surface area contributed by atoms with Crippen LogP contribution in [0.15, 0.2) is 60.7 Å². The van der Waals surface area contributed by atoms with Gasteiger partial charge < -0.3 is 20.6 Å². The normalized spacial score (nSPS) is 12.9. The van der Waals surface area contributed by atoms with Crippen LogP contribution in [-0.2, 0) is 0 Å². The summed E-state index contributed by atoms with van der Waals surface area (Å²) in [4.78, 5) is 20.4. The van der Waals surface area contributed by atoms with E-state index < -0.39 is 11.9 Å². The van der Waals surface area contributed by atoms with E-state index in [2.05, 4.69) is 46.9 Å². The van der Waals surface area contributed by atoms with E-state index in [0.29, 0.717) is 17.2 Å². The van der Waals surface area contributed by atoms with Crippen LogP contribution >= 0.6 is 0 Å². The molecule has 6 heteroatoms. The highest BCUT2D eigenvalue weighted by atomic mass is 16.4. The van der Waals surface area contributed by atoms with Gasteiger partial charge in [0.15, 0.2) is 0 Å². The Bertz CT molecular complexity index is 743. The molecule has 6 nitrogen and oxygen atoms in total. The van der Waals surface area contributed by atoms with Gasteiger partial charge in [-0.05, 0) is 48.6 Å². The summed E-state index contributed by atoms with van der Waals surface area (Å²) >= 11 is 0. The number of benzene rings is 2. The number of carboxylic acids is 2. The van der Waals surface area contributed by atoms with Gasteiger partial charge in [-0.1, -0.05) is 77.9 Å². The molecule has 0 spiro atoms. The Balaban J connectivity index is 0.000000466. The Labute approximate surface area is 192 Å². The average molecular weight is 446 g/mol. The first-order valence-corrected chi connectivity index (χ1v) is 10.6. The molecule has 2 unspecified atom stereocenters. The van der Waals surface area contributed by atoms with Crippen LogP contribution in [0, 0.1) is 10.8 Å². The minimum absolute atomic E-state index is 0.0274. The van der Waals surface area contributed by atoms with Gasteiger partial charge in [0.2, 0.25) is 0 Å². The highest BCUT2D eigenvalue weighted by Crippen LogP contribution is 2.28. The van der Waals surface area contributed by atoms with Crippen molar-refractivity contribution >= 4 is 11.9 Å². The van der Waals surface area contributed by atoms with Crippen molar-refractivity contribution in [2.45, 2.75) is 60.1 Å². The topological polar surface area (TPSA) is 107 Å². The number of hydrogen-bond acceptors (Lipinski definition) is 4. The molecule has 0 radical (unpaired) electrons. The molecule has 4 N–H and O–H groups in total. The summed E-state index contributed by atoms with van der Waals surface area (Å²) in [5, 5.41) is 30.1. The van der Waals surface area contributed by atoms with Gasteiger partial charge in [0.25, 0.3) is 0 Å². The largest absolute Gasteiger partial charge is 0.478 e. The van der Waals surface area contributed by atoms with Crippen molar-refractivity contribution in [1.82, 2.24) is 5.32 Å². The molecule has 178 valence electrons. The molecule has 0 aliphatic heterocycles. The second kappa shape index (κ2) is 13.7. The maximum Gasteiger partial charge on any atom is 0.335 e. The summed E-state index contributed by atoms with van der Waals surface area (Å²) < 4.78 is 0. The van der Waals surface area contributed by atoms with Crippen molar-refractivity contribution in [3.8, 4) is 0 Å². The number of nitrogens with one attached hydrogen (secondary N) is 1. The molecule has 2 atom stereocenters. The zero-order valence-corrected chi connectivity index (χ0v) is 20.3. The summed E-state index contributed by atoms with van der Waals surface area (Å²) in [6.07, 6.45) is 0.558. The lowest BCUT2D eigenvalue weighted by Gasteiger charge is -2.35. The second-order valence-corrected chi connectivity index (χ2v) is 9.67. The number of rotatable bonds is 5. The molecule has 0 bridgehead atoms. The minimum Gasteiger partial charge on any atom is -0.478 e. The number of aromatic carboxylic acids is 2. The predicted octanol–water partition coefficient (Wildman–Crippen LogP) is 5.19. The van der Waals surface area contributed by atoms with Crippen LogP contribution in [0.5, 0.6) is 0 Å². The number of aliphatic hydroxyl groups excluding tert-OH is 1. The molecule has 2 aromatic carbocycles. The standard InChI is InChI=1S/C12H27NO.2C7H6O2/c1-11(2,3)9(13-7)8-10(14)12(4,5)6;2*8-7(9)6-4-2-1-3-5-6/h9-10,13-14H,8H2,1-7H3;2*1-5H,(H,8,9). The molecule has 0 saturated heterocycles. The van der Waals surface area contributed by atoms with E-state index in [4.69, 9.17) is 10.2 Å². The van der Waals surface area contributed by atoms with Crippen LogP contribution < -0.4 is 5.32 Å². The Hall–Kier alpha value is -2.70. The van der Waals surface area contributed by atoms with Crippen molar-refractivity contribution in [2.24, 2.45) is 10.8 Å². The molecule has 2 aromatic rings. The van der Waals surface area contributed by atoms with Crippen molar-refractivity contribution < 1.29 is 24.9 Å². The first-order valence-electron chi connectivity index (χ1n) is 10.6. The van der Waals surface area contributed by atoms with Gasteiger partial charge in [-0.15, -0.1) is 0 Å². The zero-order chi connectivity index (χ0) is 24.9. The van der Waals surface area contributed by atoms with Crippen LogP contribution in [-0.4, -0.2) is 46.5 Å². The third kappa shape index (κ3) is 12.2. The van der Waals surface area contributed by atoms with Gasteiger partial charge >= 0.3 is 11.9 Å². The van der Waals surface area contributed by atoms with E-state index in [9.17, 15) is 14.7 Å². The molecule has 0 aliphatic rings. The average Bonchev–Trinajstić information content (AvgIpc) is 2.72. The molecule has 0 fully saturated rings. The predicted molar refractivity (Wildman–Crippen MR) is 129 cm³/mol. The minimum atomic E-state index is -0.879. The molecular formula is C26H39NO5. The number of aliphatic hydroxyl groups is 1. The summed E-state index contributed by atoms with van der Waals surface area (Å²) in [5.41, 5.74) is 0.830. The third-order valence-corrected chi connectivity index (χ3v) is 4.89. The maximum atomic E-state index is 10.2. The zero-order valence-electron chi connectivity index (χ0n) is 20.3. The first kappa shape index (κ1) is 29.3. The molecule has 2 rings (SSSR count). The van der Waals surface area contributed by atoms with Crippen LogP contribution in [0.2, 0.25) is 0 Å². The summed E-state index contributed by atoms with van der Waals surface area (Å²) in [7, 11) is 1.96. The number of carbonyl (C=O) groups is 2. The second-order valence-electron chi connectivity index (χ2n) is 9.67.